The lowest BCUT2D eigenvalue weighted by atomic mass is 10.3. The molecule has 0 saturated heterocycles. The monoisotopic (exact) mass is 450 g/mol. The van der Waals surface area contributed by atoms with Gasteiger partial charge in [0.05, 0.1) is 10.8 Å². The van der Waals surface area contributed by atoms with E-state index in [1.165, 1.54) is 23.1 Å². The fraction of sp³-hybridized carbons (Fsp3) is 0.278. The number of carbonyl (C=O) groups excluding carboxylic acids is 1. The number of hydrogen-bond acceptors (Lipinski definition) is 8. The Hall–Kier alpha value is -2.43. The highest BCUT2D eigenvalue weighted by molar-refractivity contribution is 7.99. The van der Waals surface area contributed by atoms with Gasteiger partial charge in [-0.05, 0) is 18.6 Å². The van der Waals surface area contributed by atoms with Crippen LogP contribution in [0.15, 0.2) is 42.1 Å². The Labute approximate surface area is 181 Å². The van der Waals surface area contributed by atoms with Crippen LogP contribution < -0.4 is 10.1 Å². The molecule has 29 heavy (non-hydrogen) atoms. The lowest BCUT2D eigenvalue weighted by Crippen LogP contribution is -2.15. The molecule has 3 rings (SSSR count). The van der Waals surface area contributed by atoms with Crippen molar-refractivity contribution in [3.05, 3.63) is 52.8 Å². The summed E-state index contributed by atoms with van der Waals surface area (Å²) in [6.45, 7) is 6.45. The number of carbonyl (C=O) groups is 1. The number of anilines is 1. The molecule has 0 aliphatic rings. The van der Waals surface area contributed by atoms with Crippen molar-refractivity contribution in [1.29, 1.82) is 0 Å². The Kier molecular flexibility index (Phi) is 7.62. The molecule has 0 aliphatic heterocycles. The van der Waals surface area contributed by atoms with Crippen LogP contribution >= 0.6 is 34.7 Å². The van der Waals surface area contributed by atoms with Gasteiger partial charge >= 0.3 is 0 Å². The van der Waals surface area contributed by atoms with E-state index in [-0.39, 0.29) is 18.3 Å². The van der Waals surface area contributed by atoms with Gasteiger partial charge in [-0.2, -0.15) is 0 Å². The topological polar surface area (TPSA) is 94.8 Å². The molecule has 0 fully saturated rings. The van der Waals surface area contributed by atoms with Gasteiger partial charge in [-0.1, -0.05) is 59.8 Å². The first-order valence-electron chi connectivity index (χ1n) is 8.76. The molecule has 1 amide bonds. The molecule has 0 unspecified atom stereocenters. The van der Waals surface area contributed by atoms with Gasteiger partial charge in [-0.15, -0.1) is 27.0 Å². The molecule has 152 valence electrons. The molecular weight excluding hydrogens is 432 g/mol. The number of benzene rings is 1. The average molecular weight is 451 g/mol. The molecule has 0 spiro atoms. The van der Waals surface area contributed by atoms with Crippen molar-refractivity contribution in [2.24, 2.45) is 0 Å². The summed E-state index contributed by atoms with van der Waals surface area (Å²) in [7, 11) is 0. The molecular formula is C18H19ClN6O2S2. The van der Waals surface area contributed by atoms with E-state index in [2.05, 4.69) is 32.3 Å². The van der Waals surface area contributed by atoms with Crippen molar-refractivity contribution in [2.45, 2.75) is 31.7 Å². The third-order valence-electron chi connectivity index (χ3n) is 3.65. The number of aryl methyl sites for hydroxylation is 1. The van der Waals surface area contributed by atoms with Gasteiger partial charge in [-0.3, -0.25) is 14.7 Å². The van der Waals surface area contributed by atoms with Crippen molar-refractivity contribution in [3.63, 3.8) is 0 Å². The Bertz CT molecular complexity index is 990. The maximum absolute atomic E-state index is 12.2. The molecule has 3 aromatic rings. The Balaban J connectivity index is 1.61. The summed E-state index contributed by atoms with van der Waals surface area (Å²) in [5, 5.41) is 21.5. The number of hydrogen-bond donors (Lipinski definition) is 1. The predicted octanol–water partition coefficient (Wildman–Crippen LogP) is 3.84. The van der Waals surface area contributed by atoms with E-state index < -0.39 is 0 Å². The van der Waals surface area contributed by atoms with Gasteiger partial charge in [0.15, 0.2) is 11.0 Å². The van der Waals surface area contributed by atoms with Gasteiger partial charge in [0.25, 0.3) is 0 Å². The molecule has 8 nitrogen and oxygen atoms in total. The zero-order valence-electron chi connectivity index (χ0n) is 15.7. The smallest absolute Gasteiger partial charge is 0.236 e. The summed E-state index contributed by atoms with van der Waals surface area (Å²) in [6.07, 6.45) is 2.52. The summed E-state index contributed by atoms with van der Waals surface area (Å²) in [6, 6.07) is 7.22. The standard InChI is InChI=1S/C18H19ClN6O2S2/c1-3-9-25-14(10-27-13-8-6-5-7-12(13)19)21-24-18(25)28-11-15(26)20-17-23-22-16(4-2)29-17/h3,5-8H,1,4,9-11H2,2H3,(H,20,23,26). The highest BCUT2D eigenvalue weighted by Crippen LogP contribution is 2.25. The van der Waals surface area contributed by atoms with Crippen LogP contribution in [0.5, 0.6) is 5.75 Å². The third-order valence-corrected chi connectivity index (χ3v) is 5.91. The molecule has 2 aromatic heterocycles. The minimum atomic E-state index is -0.184. The lowest BCUT2D eigenvalue weighted by molar-refractivity contribution is -0.113. The van der Waals surface area contributed by atoms with Gasteiger partial charge < -0.3 is 4.74 Å². The van der Waals surface area contributed by atoms with Crippen molar-refractivity contribution in [3.8, 4) is 5.75 Å². The van der Waals surface area contributed by atoms with Crippen LogP contribution in [0.25, 0.3) is 0 Å². The summed E-state index contributed by atoms with van der Waals surface area (Å²) in [5.74, 6) is 1.17. The highest BCUT2D eigenvalue weighted by atomic mass is 35.5. The van der Waals surface area contributed by atoms with Crippen molar-refractivity contribution >= 4 is 45.7 Å². The Morgan fingerprint density at radius 2 is 2.17 bits per heavy atom. The van der Waals surface area contributed by atoms with E-state index >= 15 is 0 Å². The number of nitrogens with one attached hydrogen (secondary N) is 1. The molecule has 0 bridgehead atoms. The second-order valence-corrected chi connectivity index (χ2v) is 8.12. The van der Waals surface area contributed by atoms with E-state index in [4.69, 9.17) is 16.3 Å². The number of rotatable bonds is 10. The van der Waals surface area contributed by atoms with Crippen LogP contribution in [0.3, 0.4) is 0 Å². The maximum atomic E-state index is 12.2. The van der Waals surface area contributed by atoms with Crippen LogP contribution in [-0.4, -0.2) is 36.6 Å². The predicted molar refractivity (Wildman–Crippen MR) is 115 cm³/mol. The lowest BCUT2D eigenvalue weighted by Gasteiger charge is -2.10. The largest absolute Gasteiger partial charge is 0.484 e. The number of thioether (sulfide) groups is 1. The number of allylic oxidation sites excluding steroid dienone is 1. The fourth-order valence-electron chi connectivity index (χ4n) is 2.28. The minimum Gasteiger partial charge on any atom is -0.484 e. The number of halogens is 1. The van der Waals surface area contributed by atoms with Gasteiger partial charge in [0, 0.05) is 6.54 Å². The normalized spacial score (nSPS) is 10.7. The first-order valence-corrected chi connectivity index (χ1v) is 10.9. The first kappa shape index (κ1) is 21.3. The van der Waals surface area contributed by atoms with E-state index in [1.807, 2.05) is 23.6 Å². The number of para-hydroxylation sites is 1. The van der Waals surface area contributed by atoms with Crippen LogP contribution in [0.1, 0.15) is 17.8 Å². The van der Waals surface area contributed by atoms with Crippen molar-refractivity contribution < 1.29 is 9.53 Å². The zero-order valence-corrected chi connectivity index (χ0v) is 18.1. The minimum absolute atomic E-state index is 0.168. The fourth-order valence-corrected chi connectivity index (χ4v) is 3.93. The Morgan fingerprint density at radius 1 is 1.34 bits per heavy atom. The van der Waals surface area contributed by atoms with E-state index in [9.17, 15) is 4.79 Å². The summed E-state index contributed by atoms with van der Waals surface area (Å²) in [4.78, 5) is 12.2. The molecule has 0 radical (unpaired) electrons. The second-order valence-electron chi connectivity index (χ2n) is 5.71. The van der Waals surface area contributed by atoms with Crippen molar-refractivity contribution in [1.82, 2.24) is 25.0 Å². The van der Waals surface area contributed by atoms with Gasteiger partial charge in [-0.25, -0.2) is 0 Å². The quantitative estimate of drug-likeness (QED) is 0.370. The number of ether oxygens (including phenoxy) is 1. The highest BCUT2D eigenvalue weighted by Gasteiger charge is 2.15. The van der Waals surface area contributed by atoms with E-state index in [0.717, 1.165) is 11.4 Å². The number of nitrogens with zero attached hydrogens (tertiary/aromatic N) is 5. The van der Waals surface area contributed by atoms with Crippen LogP contribution in [-0.2, 0) is 24.4 Å². The van der Waals surface area contributed by atoms with E-state index in [0.29, 0.717) is 33.4 Å². The summed E-state index contributed by atoms with van der Waals surface area (Å²) < 4.78 is 7.60. The summed E-state index contributed by atoms with van der Waals surface area (Å²) in [5.41, 5.74) is 0. The first-order chi connectivity index (χ1) is 14.1. The molecule has 1 N–H and O–H groups in total. The van der Waals surface area contributed by atoms with Crippen molar-refractivity contribution in [2.75, 3.05) is 11.1 Å². The second kappa shape index (κ2) is 10.4. The van der Waals surface area contributed by atoms with Crippen LogP contribution in [0, 0.1) is 0 Å². The molecule has 0 aliphatic carbocycles. The Morgan fingerprint density at radius 3 is 2.90 bits per heavy atom. The number of aromatic nitrogens is 5. The molecule has 0 atom stereocenters. The summed E-state index contributed by atoms with van der Waals surface area (Å²) >= 11 is 8.76. The third kappa shape index (κ3) is 5.78. The zero-order chi connectivity index (χ0) is 20.6. The van der Waals surface area contributed by atoms with Crippen LogP contribution in [0.2, 0.25) is 5.02 Å². The molecule has 2 heterocycles. The molecule has 0 saturated carbocycles. The van der Waals surface area contributed by atoms with E-state index in [1.54, 1.807) is 18.2 Å². The SMILES string of the molecule is C=CCn1c(COc2ccccc2Cl)nnc1SCC(=O)Nc1nnc(CC)s1. The molecule has 11 heteroatoms. The number of amides is 1. The van der Waals surface area contributed by atoms with Crippen LogP contribution in [0.4, 0.5) is 5.13 Å². The maximum Gasteiger partial charge on any atom is 0.236 e. The average Bonchev–Trinajstić information content (AvgIpc) is 3.33. The van der Waals surface area contributed by atoms with Gasteiger partial charge in [0.1, 0.15) is 17.4 Å². The van der Waals surface area contributed by atoms with Gasteiger partial charge in [0.2, 0.25) is 11.0 Å². The molecule has 1 aromatic carbocycles.